The number of likely N-dealkylation sites (N-methyl/N-ethyl adjacent to an activating group) is 1. The number of nitrogens with one attached hydrogen (secondary N) is 1. The molecule has 1 amide bonds. The SMILES string of the molecule is CNC(C(=O)N1CCN(S(=O)(=O)Cc2ccon2)CC1)c1cnn(C)c1.Cl. The molecule has 10 nitrogen and oxygen atoms in total. The maximum absolute atomic E-state index is 12.8. The van der Waals surface area contributed by atoms with Crippen molar-refractivity contribution in [3.8, 4) is 0 Å². The van der Waals surface area contributed by atoms with Crippen molar-refractivity contribution in [3.63, 3.8) is 0 Å². The van der Waals surface area contributed by atoms with Gasteiger partial charge in [-0.2, -0.15) is 9.40 Å². The molecule has 3 rings (SSSR count). The first-order valence-electron chi connectivity index (χ1n) is 8.22. The van der Waals surface area contributed by atoms with E-state index in [0.717, 1.165) is 5.56 Å². The molecule has 1 unspecified atom stereocenters. The molecule has 12 heteroatoms. The molecule has 150 valence electrons. The van der Waals surface area contributed by atoms with Crippen molar-refractivity contribution in [1.29, 1.82) is 0 Å². The first kappa shape index (κ1) is 21.4. The molecule has 3 heterocycles. The Labute approximate surface area is 163 Å². The van der Waals surface area contributed by atoms with Crippen molar-refractivity contribution in [2.75, 3.05) is 33.2 Å². The van der Waals surface area contributed by atoms with E-state index in [2.05, 4.69) is 20.1 Å². The first-order chi connectivity index (χ1) is 12.4. The highest BCUT2D eigenvalue weighted by molar-refractivity contribution is 7.88. The molecular weight excluding hydrogens is 396 g/mol. The number of piperazine rings is 1. The molecule has 0 bridgehead atoms. The van der Waals surface area contributed by atoms with Gasteiger partial charge in [-0.1, -0.05) is 5.16 Å². The number of rotatable bonds is 6. The standard InChI is InChI=1S/C15H22N6O4S.ClH/c1-16-14(12-9-17-19(2)10-12)15(22)20-4-6-21(7-5-20)26(23,24)11-13-3-8-25-18-13;/h3,8-10,14,16H,4-7,11H2,1-2H3;1H. The number of hydrogen-bond donors (Lipinski definition) is 1. The second-order valence-corrected chi connectivity index (χ2v) is 8.11. The number of aromatic nitrogens is 3. The molecule has 0 aliphatic carbocycles. The molecule has 0 radical (unpaired) electrons. The lowest BCUT2D eigenvalue weighted by atomic mass is 10.1. The fourth-order valence-corrected chi connectivity index (χ4v) is 4.41. The quantitative estimate of drug-likeness (QED) is 0.688. The highest BCUT2D eigenvalue weighted by Crippen LogP contribution is 2.18. The summed E-state index contributed by atoms with van der Waals surface area (Å²) < 4.78 is 32.6. The van der Waals surface area contributed by atoms with Crippen LogP contribution >= 0.6 is 12.4 Å². The van der Waals surface area contributed by atoms with E-state index in [4.69, 9.17) is 0 Å². The van der Waals surface area contributed by atoms with E-state index in [1.165, 1.54) is 16.6 Å². The smallest absolute Gasteiger partial charge is 0.244 e. The van der Waals surface area contributed by atoms with Gasteiger partial charge < -0.3 is 14.7 Å². The average Bonchev–Trinajstić information content (AvgIpc) is 3.27. The molecule has 1 fully saturated rings. The van der Waals surface area contributed by atoms with E-state index in [1.54, 1.807) is 36.1 Å². The second-order valence-electron chi connectivity index (χ2n) is 6.14. The Bertz CT molecular complexity index is 846. The summed E-state index contributed by atoms with van der Waals surface area (Å²) in [5.41, 5.74) is 1.15. The number of nitrogens with zero attached hydrogens (tertiary/aromatic N) is 5. The van der Waals surface area contributed by atoms with Crippen LogP contribution in [-0.4, -0.2) is 71.7 Å². The van der Waals surface area contributed by atoms with Gasteiger partial charge in [-0.25, -0.2) is 8.42 Å². The van der Waals surface area contributed by atoms with Crippen molar-refractivity contribution >= 4 is 28.3 Å². The Morgan fingerprint density at radius 3 is 2.56 bits per heavy atom. The van der Waals surface area contributed by atoms with Crippen LogP contribution in [0.2, 0.25) is 0 Å². The highest BCUT2D eigenvalue weighted by atomic mass is 35.5. The van der Waals surface area contributed by atoms with E-state index >= 15 is 0 Å². The minimum absolute atomic E-state index is 0. The molecule has 1 saturated heterocycles. The lowest BCUT2D eigenvalue weighted by Gasteiger charge is -2.35. The van der Waals surface area contributed by atoms with Gasteiger partial charge in [-0.05, 0) is 7.05 Å². The Morgan fingerprint density at radius 1 is 1.33 bits per heavy atom. The van der Waals surface area contributed by atoms with Crippen molar-refractivity contribution < 1.29 is 17.7 Å². The number of carbonyl (C=O) groups excluding carboxylic acids is 1. The largest absolute Gasteiger partial charge is 0.364 e. The van der Waals surface area contributed by atoms with Crippen LogP contribution in [0.25, 0.3) is 0 Å². The van der Waals surface area contributed by atoms with E-state index in [1.807, 2.05) is 0 Å². The monoisotopic (exact) mass is 418 g/mol. The van der Waals surface area contributed by atoms with Gasteiger partial charge in [0.25, 0.3) is 0 Å². The molecule has 1 aliphatic rings. The number of sulfonamides is 1. The van der Waals surface area contributed by atoms with Gasteiger partial charge in [0.05, 0.1) is 11.9 Å². The van der Waals surface area contributed by atoms with Crippen LogP contribution in [0.5, 0.6) is 0 Å². The Balaban J connectivity index is 0.00000261. The maximum atomic E-state index is 12.8. The fourth-order valence-electron chi connectivity index (χ4n) is 2.98. The molecule has 1 atom stereocenters. The van der Waals surface area contributed by atoms with Crippen LogP contribution in [-0.2, 0) is 27.6 Å². The summed E-state index contributed by atoms with van der Waals surface area (Å²) in [5, 5.41) is 10.8. The molecule has 1 aliphatic heterocycles. The zero-order valence-corrected chi connectivity index (χ0v) is 16.7. The van der Waals surface area contributed by atoms with Crippen molar-refractivity contribution in [3.05, 3.63) is 36.0 Å². The van der Waals surface area contributed by atoms with E-state index in [-0.39, 0.29) is 37.2 Å². The Kier molecular flexibility index (Phi) is 6.98. The Hall–Kier alpha value is -1.95. The zero-order chi connectivity index (χ0) is 18.7. The van der Waals surface area contributed by atoms with Gasteiger partial charge in [0.2, 0.25) is 15.9 Å². The normalized spacial score (nSPS) is 16.7. The summed E-state index contributed by atoms with van der Waals surface area (Å²) in [4.78, 5) is 14.5. The summed E-state index contributed by atoms with van der Waals surface area (Å²) in [6.45, 7) is 1.20. The third kappa shape index (κ3) is 4.86. The molecule has 0 aromatic carbocycles. The third-order valence-electron chi connectivity index (χ3n) is 4.36. The van der Waals surface area contributed by atoms with E-state index in [9.17, 15) is 13.2 Å². The summed E-state index contributed by atoms with van der Waals surface area (Å²) in [7, 11) is 0.0212. The minimum Gasteiger partial charge on any atom is -0.364 e. The van der Waals surface area contributed by atoms with Crippen molar-refractivity contribution in [2.45, 2.75) is 11.8 Å². The second kappa shape index (κ2) is 8.83. The first-order valence-corrected chi connectivity index (χ1v) is 9.83. The molecule has 27 heavy (non-hydrogen) atoms. The van der Waals surface area contributed by atoms with Crippen molar-refractivity contribution in [2.24, 2.45) is 7.05 Å². The summed E-state index contributed by atoms with van der Waals surface area (Å²) >= 11 is 0. The number of amides is 1. The van der Waals surface area contributed by atoms with Crippen LogP contribution in [0.4, 0.5) is 0 Å². The predicted molar refractivity (Wildman–Crippen MR) is 99.5 cm³/mol. The summed E-state index contributed by atoms with van der Waals surface area (Å²) in [6, 6.07) is 1.03. The number of aryl methyl sites for hydroxylation is 1. The van der Waals surface area contributed by atoms with Gasteiger partial charge >= 0.3 is 0 Å². The lowest BCUT2D eigenvalue weighted by Crippen LogP contribution is -2.52. The zero-order valence-electron chi connectivity index (χ0n) is 15.1. The number of hydrogen-bond acceptors (Lipinski definition) is 7. The molecule has 1 N–H and O–H groups in total. The molecule has 2 aromatic heterocycles. The van der Waals surface area contributed by atoms with Crippen LogP contribution in [0.3, 0.4) is 0 Å². The topological polar surface area (TPSA) is 114 Å². The molecule has 0 spiro atoms. The van der Waals surface area contributed by atoms with Crippen LogP contribution in [0.1, 0.15) is 17.3 Å². The number of halogens is 1. The summed E-state index contributed by atoms with van der Waals surface area (Å²) in [6.07, 6.45) is 4.78. The van der Waals surface area contributed by atoms with Crippen LogP contribution in [0, 0.1) is 0 Å². The van der Waals surface area contributed by atoms with Gasteiger partial charge in [-0.3, -0.25) is 9.48 Å². The minimum atomic E-state index is -3.49. The maximum Gasteiger partial charge on any atom is 0.244 e. The van der Waals surface area contributed by atoms with Gasteiger partial charge in [0, 0.05) is 51.1 Å². The van der Waals surface area contributed by atoms with Crippen LogP contribution < -0.4 is 5.32 Å². The van der Waals surface area contributed by atoms with E-state index in [0.29, 0.717) is 18.8 Å². The highest BCUT2D eigenvalue weighted by Gasteiger charge is 2.32. The summed E-state index contributed by atoms with van der Waals surface area (Å²) in [5.74, 6) is -0.291. The Morgan fingerprint density at radius 2 is 2.04 bits per heavy atom. The average molecular weight is 419 g/mol. The number of carbonyl (C=O) groups is 1. The molecule has 0 saturated carbocycles. The fraction of sp³-hybridized carbons (Fsp3) is 0.533. The van der Waals surface area contributed by atoms with Crippen molar-refractivity contribution in [1.82, 2.24) is 29.5 Å². The predicted octanol–water partition coefficient (Wildman–Crippen LogP) is -0.235. The lowest BCUT2D eigenvalue weighted by molar-refractivity contribution is -0.134. The molecule has 2 aromatic rings. The van der Waals surface area contributed by atoms with Gasteiger partial charge in [0.1, 0.15) is 18.1 Å². The molecular formula is C15H23ClN6O4S. The van der Waals surface area contributed by atoms with Gasteiger partial charge in [-0.15, -0.1) is 12.4 Å². The third-order valence-corrected chi connectivity index (χ3v) is 6.17. The van der Waals surface area contributed by atoms with Crippen LogP contribution in [0.15, 0.2) is 29.2 Å². The van der Waals surface area contributed by atoms with E-state index < -0.39 is 16.1 Å². The van der Waals surface area contributed by atoms with Gasteiger partial charge in [0.15, 0.2) is 0 Å².